The molecule has 2 N–H and O–H groups in total. The van der Waals surface area contributed by atoms with Gasteiger partial charge in [-0.1, -0.05) is 48.5 Å². The number of carbonyl (C=O) groups excluding carboxylic acids is 2. The Morgan fingerprint density at radius 3 is 2.21 bits per heavy atom. The molecule has 1 heterocycles. The lowest BCUT2D eigenvalue weighted by Crippen LogP contribution is -2.56. The van der Waals surface area contributed by atoms with Gasteiger partial charge < -0.3 is 20.1 Å². The Kier molecular flexibility index (Phi) is 5.07. The van der Waals surface area contributed by atoms with E-state index in [1.54, 1.807) is 0 Å². The van der Waals surface area contributed by atoms with E-state index in [1.807, 2.05) is 48.5 Å². The Hall–Kier alpha value is -3.49. The number of rotatable bonds is 6. The van der Waals surface area contributed by atoms with Crippen molar-refractivity contribution in [3.8, 4) is 11.1 Å². The minimum absolute atomic E-state index is 0.0529. The fraction of sp³-hybridized carbons (Fsp3) is 0.375. The van der Waals surface area contributed by atoms with Gasteiger partial charge in [0, 0.05) is 19.0 Å². The number of alkyl carbamates (subject to hydrolysis) is 1. The van der Waals surface area contributed by atoms with E-state index < -0.39 is 48.3 Å². The molecule has 2 fully saturated rings. The molecule has 3 atom stereocenters. The lowest BCUT2D eigenvalue weighted by Gasteiger charge is -2.38. The highest BCUT2D eigenvalue weighted by Gasteiger charge is 2.73. The Labute approximate surface area is 188 Å². The molecular formula is C24H22F2N2O5. The number of hydrogen-bond acceptors (Lipinski definition) is 4. The number of nitrogens with one attached hydrogen (secondary N) is 1. The summed E-state index contributed by atoms with van der Waals surface area (Å²) in [5.41, 5.74) is 4.22. The molecule has 0 bridgehead atoms. The van der Waals surface area contributed by atoms with Crippen molar-refractivity contribution in [2.24, 2.45) is 11.8 Å². The molecule has 2 aliphatic carbocycles. The third-order valence-corrected chi connectivity index (χ3v) is 6.87. The van der Waals surface area contributed by atoms with Crippen LogP contribution < -0.4 is 5.32 Å². The lowest BCUT2D eigenvalue weighted by molar-refractivity contribution is -0.159. The second kappa shape index (κ2) is 7.83. The summed E-state index contributed by atoms with van der Waals surface area (Å²) < 4.78 is 33.7. The zero-order valence-corrected chi connectivity index (χ0v) is 17.5. The third-order valence-electron chi connectivity index (χ3n) is 6.87. The van der Waals surface area contributed by atoms with E-state index in [4.69, 9.17) is 9.84 Å². The predicted octanol–water partition coefficient (Wildman–Crippen LogP) is 3.09. The van der Waals surface area contributed by atoms with Gasteiger partial charge in [-0.2, -0.15) is 0 Å². The number of nitrogens with zero attached hydrogens (tertiary/aromatic N) is 1. The smallest absolute Gasteiger partial charge is 0.407 e. The van der Waals surface area contributed by atoms with Crippen LogP contribution in [0, 0.1) is 11.8 Å². The summed E-state index contributed by atoms with van der Waals surface area (Å²) in [6.45, 7) is -0.224. The molecule has 0 spiro atoms. The number of likely N-dealkylation sites (tertiary alicyclic amines) is 1. The average Bonchev–Trinajstić information content (AvgIpc) is 3.16. The fourth-order valence-electron chi connectivity index (χ4n) is 4.91. The number of carbonyl (C=O) groups is 3. The summed E-state index contributed by atoms with van der Waals surface area (Å²) in [7, 11) is 0. The molecule has 172 valence electrons. The first-order valence-electron chi connectivity index (χ1n) is 10.8. The Morgan fingerprint density at radius 1 is 1.06 bits per heavy atom. The van der Waals surface area contributed by atoms with Gasteiger partial charge >= 0.3 is 12.1 Å². The number of amides is 2. The number of hydrogen-bond donors (Lipinski definition) is 2. The van der Waals surface area contributed by atoms with Crippen molar-refractivity contribution in [3.63, 3.8) is 0 Å². The molecule has 2 amide bonds. The predicted molar refractivity (Wildman–Crippen MR) is 113 cm³/mol. The molecule has 3 aliphatic rings. The van der Waals surface area contributed by atoms with Crippen LogP contribution in [-0.4, -0.2) is 59.6 Å². The standard InChI is InChI=1S/C24H22F2N2O5/c25-24(26)18(20(24)21(29)28-10-9-19(28)22(30)31)11-27-23(32)33-12-17-15-7-3-1-5-13(15)14-6-2-4-8-16(14)17/h1-8,17-20H,9-12H2,(H,27,32)(H,30,31)/t18-,19?,20-/m0/s1. The number of alkyl halides is 2. The van der Waals surface area contributed by atoms with Gasteiger partial charge in [-0.15, -0.1) is 0 Å². The molecule has 2 aromatic rings. The highest BCUT2D eigenvalue weighted by atomic mass is 19.3. The zero-order chi connectivity index (χ0) is 23.3. The highest BCUT2D eigenvalue weighted by molar-refractivity contribution is 5.89. The number of benzene rings is 2. The molecule has 5 rings (SSSR count). The molecule has 1 unspecified atom stereocenters. The quantitative estimate of drug-likeness (QED) is 0.697. The summed E-state index contributed by atoms with van der Waals surface area (Å²) in [4.78, 5) is 36.6. The zero-order valence-electron chi connectivity index (χ0n) is 17.5. The summed E-state index contributed by atoms with van der Waals surface area (Å²) >= 11 is 0. The van der Waals surface area contributed by atoms with Gasteiger partial charge in [0.25, 0.3) is 5.92 Å². The van der Waals surface area contributed by atoms with Crippen LogP contribution in [0.4, 0.5) is 13.6 Å². The van der Waals surface area contributed by atoms with Crippen LogP contribution >= 0.6 is 0 Å². The number of carboxylic acid groups (broad SMARTS) is 1. The van der Waals surface area contributed by atoms with Gasteiger partial charge in [0.1, 0.15) is 18.6 Å². The number of halogens is 2. The van der Waals surface area contributed by atoms with E-state index in [2.05, 4.69) is 5.32 Å². The Morgan fingerprint density at radius 2 is 1.67 bits per heavy atom. The van der Waals surface area contributed by atoms with Crippen molar-refractivity contribution >= 4 is 18.0 Å². The van der Waals surface area contributed by atoms with E-state index in [0.717, 1.165) is 27.2 Å². The van der Waals surface area contributed by atoms with Crippen molar-refractivity contribution in [3.05, 3.63) is 59.7 Å². The summed E-state index contributed by atoms with van der Waals surface area (Å²) in [5, 5.41) is 11.4. The topological polar surface area (TPSA) is 95.9 Å². The van der Waals surface area contributed by atoms with Gasteiger partial charge in [0.2, 0.25) is 5.91 Å². The maximum atomic E-state index is 14.2. The van der Waals surface area contributed by atoms with Crippen molar-refractivity contribution in [2.45, 2.75) is 24.3 Å². The number of aliphatic carboxylic acids is 1. The second-order valence-electron chi connectivity index (χ2n) is 8.64. The van der Waals surface area contributed by atoms with Gasteiger partial charge in [-0.25, -0.2) is 18.4 Å². The molecule has 1 saturated carbocycles. The minimum Gasteiger partial charge on any atom is -0.480 e. The maximum Gasteiger partial charge on any atom is 0.407 e. The van der Waals surface area contributed by atoms with Gasteiger partial charge in [0.05, 0.1) is 5.92 Å². The minimum atomic E-state index is -3.29. The van der Waals surface area contributed by atoms with E-state index in [1.165, 1.54) is 0 Å². The Bertz CT molecular complexity index is 1090. The van der Waals surface area contributed by atoms with Crippen LogP contribution in [0.1, 0.15) is 23.5 Å². The summed E-state index contributed by atoms with van der Waals surface area (Å²) in [6.07, 6.45) is -0.583. The normalized spacial score (nSPS) is 24.3. The molecule has 9 heteroatoms. The van der Waals surface area contributed by atoms with Crippen LogP contribution in [0.3, 0.4) is 0 Å². The SMILES string of the molecule is O=C(NC[C@H]1[C@@H](C(=O)N2CCC2C(=O)O)C1(F)F)OCC1c2ccccc2-c2ccccc21. The Balaban J connectivity index is 1.17. The first-order chi connectivity index (χ1) is 15.8. The van der Waals surface area contributed by atoms with Crippen LogP contribution in [0.5, 0.6) is 0 Å². The van der Waals surface area contributed by atoms with Crippen LogP contribution in [-0.2, 0) is 14.3 Å². The highest BCUT2D eigenvalue weighted by Crippen LogP contribution is 2.56. The first-order valence-corrected chi connectivity index (χ1v) is 10.8. The van der Waals surface area contributed by atoms with Crippen molar-refractivity contribution in [1.29, 1.82) is 0 Å². The van der Waals surface area contributed by atoms with Crippen LogP contribution in [0.25, 0.3) is 11.1 Å². The van der Waals surface area contributed by atoms with E-state index in [-0.39, 0.29) is 25.5 Å². The number of fused-ring (bicyclic) bond motifs is 3. The van der Waals surface area contributed by atoms with Crippen LogP contribution in [0.15, 0.2) is 48.5 Å². The number of carboxylic acids is 1. The summed E-state index contributed by atoms with van der Waals surface area (Å²) in [5.74, 6) is -8.51. The van der Waals surface area contributed by atoms with Crippen molar-refractivity contribution in [2.75, 3.05) is 19.7 Å². The molecular weight excluding hydrogens is 434 g/mol. The third kappa shape index (κ3) is 3.51. The summed E-state index contributed by atoms with van der Waals surface area (Å²) in [6, 6.07) is 14.6. The molecule has 0 radical (unpaired) electrons. The van der Waals surface area contributed by atoms with Gasteiger partial charge in [-0.3, -0.25) is 4.79 Å². The van der Waals surface area contributed by atoms with Crippen molar-refractivity contribution in [1.82, 2.24) is 10.2 Å². The largest absolute Gasteiger partial charge is 0.480 e. The van der Waals surface area contributed by atoms with E-state index >= 15 is 0 Å². The van der Waals surface area contributed by atoms with E-state index in [9.17, 15) is 23.2 Å². The monoisotopic (exact) mass is 456 g/mol. The fourth-order valence-corrected chi connectivity index (χ4v) is 4.91. The lowest BCUT2D eigenvalue weighted by atomic mass is 9.98. The average molecular weight is 456 g/mol. The molecule has 1 aliphatic heterocycles. The number of ether oxygens (including phenoxy) is 1. The molecule has 2 aromatic carbocycles. The molecule has 7 nitrogen and oxygen atoms in total. The molecule has 0 aromatic heterocycles. The first kappa shape index (κ1) is 21.4. The second-order valence-corrected chi connectivity index (χ2v) is 8.64. The van der Waals surface area contributed by atoms with Crippen molar-refractivity contribution < 1.29 is 33.0 Å². The van der Waals surface area contributed by atoms with Crippen LogP contribution in [0.2, 0.25) is 0 Å². The van der Waals surface area contributed by atoms with E-state index in [0.29, 0.717) is 0 Å². The maximum absolute atomic E-state index is 14.2. The molecule has 33 heavy (non-hydrogen) atoms. The van der Waals surface area contributed by atoms with Gasteiger partial charge in [-0.05, 0) is 28.7 Å². The van der Waals surface area contributed by atoms with Gasteiger partial charge in [0.15, 0.2) is 0 Å². The molecule has 1 saturated heterocycles.